The molecule has 1 aliphatic rings. The number of hydrogen-bond acceptors (Lipinski definition) is 7. The second-order valence-corrected chi connectivity index (χ2v) is 9.51. The van der Waals surface area contributed by atoms with Gasteiger partial charge in [0, 0.05) is 22.7 Å². The fourth-order valence-electron chi connectivity index (χ4n) is 4.06. The number of nitrogens with zero attached hydrogens (tertiary/aromatic N) is 2. The van der Waals surface area contributed by atoms with Crippen LogP contribution in [0.15, 0.2) is 82.3 Å². The lowest BCUT2D eigenvalue weighted by molar-refractivity contribution is 0.202. The van der Waals surface area contributed by atoms with Gasteiger partial charge in [-0.3, -0.25) is 0 Å². The third-order valence-electron chi connectivity index (χ3n) is 5.98. The quantitative estimate of drug-likeness (QED) is 0.224. The van der Waals surface area contributed by atoms with E-state index < -0.39 is 0 Å². The van der Waals surface area contributed by atoms with E-state index in [0.717, 1.165) is 51.8 Å². The number of rotatable bonds is 10. The minimum Gasteiger partial charge on any atom is -0.497 e. The topological polar surface area (TPSA) is 66.6 Å². The van der Waals surface area contributed by atoms with Crippen LogP contribution < -0.4 is 14.2 Å². The van der Waals surface area contributed by atoms with Gasteiger partial charge in [0.15, 0.2) is 5.76 Å². The SMILES string of the molecule is COc1ccc(COc2cc(CSc3ccc(-c4cccnc4OC4CCCC4)cc3)on2)cc1. The van der Waals surface area contributed by atoms with Crippen LogP contribution >= 0.6 is 11.8 Å². The first-order valence-electron chi connectivity index (χ1n) is 11.8. The zero-order valence-corrected chi connectivity index (χ0v) is 20.5. The predicted molar refractivity (Wildman–Crippen MR) is 136 cm³/mol. The van der Waals surface area contributed by atoms with E-state index in [0.29, 0.717) is 18.2 Å². The molecule has 6 nitrogen and oxygen atoms in total. The monoisotopic (exact) mass is 488 g/mol. The van der Waals surface area contributed by atoms with Crippen LogP contribution in [-0.2, 0) is 12.4 Å². The van der Waals surface area contributed by atoms with Crippen LogP contribution in [0.4, 0.5) is 0 Å². The van der Waals surface area contributed by atoms with Crippen LogP contribution in [0.5, 0.6) is 17.5 Å². The Labute approximate surface area is 209 Å². The molecule has 0 spiro atoms. The first-order valence-corrected chi connectivity index (χ1v) is 12.8. The van der Waals surface area contributed by atoms with Crippen LogP contribution in [-0.4, -0.2) is 23.4 Å². The summed E-state index contributed by atoms with van der Waals surface area (Å²) in [5.41, 5.74) is 3.17. The molecule has 0 bridgehead atoms. The Morgan fingerprint density at radius 1 is 1.00 bits per heavy atom. The lowest BCUT2D eigenvalue weighted by Gasteiger charge is -2.15. The van der Waals surface area contributed by atoms with Gasteiger partial charge in [-0.25, -0.2) is 4.98 Å². The van der Waals surface area contributed by atoms with Crippen molar-refractivity contribution in [1.29, 1.82) is 0 Å². The predicted octanol–water partition coefficient (Wildman–Crippen LogP) is 6.94. The largest absolute Gasteiger partial charge is 0.497 e. The summed E-state index contributed by atoms with van der Waals surface area (Å²) in [6, 6.07) is 22.1. The first kappa shape index (κ1) is 23.3. The van der Waals surface area contributed by atoms with Gasteiger partial charge in [0.2, 0.25) is 5.88 Å². The zero-order chi connectivity index (χ0) is 23.9. The zero-order valence-electron chi connectivity index (χ0n) is 19.7. The smallest absolute Gasteiger partial charge is 0.254 e. The molecule has 35 heavy (non-hydrogen) atoms. The van der Waals surface area contributed by atoms with Crippen molar-refractivity contribution < 1.29 is 18.7 Å². The van der Waals surface area contributed by atoms with E-state index in [1.165, 1.54) is 12.8 Å². The van der Waals surface area contributed by atoms with E-state index >= 15 is 0 Å². The third-order valence-corrected chi connectivity index (χ3v) is 7.02. The van der Waals surface area contributed by atoms with E-state index in [4.69, 9.17) is 18.7 Å². The molecular weight excluding hydrogens is 460 g/mol. The number of thioether (sulfide) groups is 1. The Hall–Kier alpha value is -3.45. The number of pyridine rings is 1. The van der Waals surface area contributed by atoms with Crippen molar-refractivity contribution in [3.05, 3.63) is 84.3 Å². The van der Waals surface area contributed by atoms with Crippen molar-refractivity contribution in [1.82, 2.24) is 10.1 Å². The summed E-state index contributed by atoms with van der Waals surface area (Å²) in [7, 11) is 1.65. The van der Waals surface area contributed by atoms with E-state index in [9.17, 15) is 0 Å². The van der Waals surface area contributed by atoms with Crippen molar-refractivity contribution in [3.63, 3.8) is 0 Å². The summed E-state index contributed by atoms with van der Waals surface area (Å²) in [6.07, 6.45) is 6.78. The molecule has 7 heteroatoms. The van der Waals surface area contributed by atoms with Crippen LogP contribution in [0.3, 0.4) is 0 Å². The van der Waals surface area contributed by atoms with Crippen molar-refractivity contribution >= 4 is 11.8 Å². The average Bonchev–Trinajstić information content (AvgIpc) is 3.59. The van der Waals surface area contributed by atoms with Gasteiger partial charge in [-0.05, 0) is 78.4 Å². The van der Waals surface area contributed by atoms with E-state index in [1.54, 1.807) is 25.1 Å². The molecule has 2 heterocycles. The van der Waals surface area contributed by atoms with Gasteiger partial charge in [0.1, 0.15) is 18.5 Å². The van der Waals surface area contributed by atoms with Crippen molar-refractivity contribution in [2.75, 3.05) is 7.11 Å². The molecule has 1 saturated carbocycles. The molecule has 0 atom stereocenters. The fourth-order valence-corrected chi connectivity index (χ4v) is 4.84. The fraction of sp³-hybridized carbons (Fsp3) is 0.286. The van der Waals surface area contributed by atoms with Gasteiger partial charge < -0.3 is 18.7 Å². The average molecular weight is 489 g/mol. The molecule has 1 aliphatic carbocycles. The standard InChI is InChI=1S/C28H28N2O4S/c1-31-22-12-8-20(9-13-22)18-32-27-17-24(34-30-27)19-35-25-14-10-21(11-15-25)26-7-4-16-29-28(26)33-23-5-2-3-6-23/h4,7-17,23H,2-3,5-6,18-19H2,1H3. The van der Waals surface area contributed by atoms with Gasteiger partial charge >= 0.3 is 0 Å². The van der Waals surface area contributed by atoms with Crippen molar-refractivity contribution in [2.45, 2.75) is 49.0 Å². The summed E-state index contributed by atoms with van der Waals surface area (Å²) in [6.45, 7) is 0.422. The van der Waals surface area contributed by atoms with Crippen LogP contribution in [0.1, 0.15) is 37.0 Å². The molecular formula is C28H28N2O4S. The highest BCUT2D eigenvalue weighted by molar-refractivity contribution is 7.98. The van der Waals surface area contributed by atoms with E-state index in [1.807, 2.05) is 36.4 Å². The highest BCUT2D eigenvalue weighted by Crippen LogP contribution is 2.33. The summed E-state index contributed by atoms with van der Waals surface area (Å²) in [5.74, 6) is 3.46. The molecule has 180 valence electrons. The lowest BCUT2D eigenvalue weighted by Crippen LogP contribution is -2.12. The maximum atomic E-state index is 6.20. The molecule has 1 fully saturated rings. The van der Waals surface area contributed by atoms with Crippen molar-refractivity contribution in [2.24, 2.45) is 0 Å². The molecule has 2 aromatic heterocycles. The van der Waals surface area contributed by atoms with Gasteiger partial charge in [0.25, 0.3) is 5.88 Å². The maximum Gasteiger partial charge on any atom is 0.254 e. The van der Waals surface area contributed by atoms with Gasteiger partial charge in [-0.2, -0.15) is 0 Å². The minimum absolute atomic E-state index is 0.283. The Kier molecular flexibility index (Phi) is 7.53. The van der Waals surface area contributed by atoms with E-state index in [2.05, 4.69) is 40.5 Å². The summed E-state index contributed by atoms with van der Waals surface area (Å²) >= 11 is 1.69. The first-order chi connectivity index (χ1) is 17.3. The Balaban J connectivity index is 1.15. The lowest BCUT2D eigenvalue weighted by atomic mass is 10.1. The summed E-state index contributed by atoms with van der Waals surface area (Å²) in [4.78, 5) is 5.64. The molecule has 0 aliphatic heterocycles. The number of benzene rings is 2. The molecule has 2 aromatic carbocycles. The molecule has 4 aromatic rings. The normalized spacial score (nSPS) is 13.6. The number of aromatic nitrogens is 2. The highest BCUT2D eigenvalue weighted by Gasteiger charge is 2.19. The Morgan fingerprint density at radius 3 is 2.57 bits per heavy atom. The maximum absolute atomic E-state index is 6.20. The minimum atomic E-state index is 0.283. The van der Waals surface area contributed by atoms with Crippen LogP contribution in [0.2, 0.25) is 0 Å². The molecule has 0 N–H and O–H groups in total. The molecule has 0 saturated heterocycles. The molecule has 0 unspecified atom stereocenters. The van der Waals surface area contributed by atoms with Gasteiger partial charge in [-0.15, -0.1) is 11.8 Å². The van der Waals surface area contributed by atoms with Gasteiger partial charge in [0.05, 0.1) is 12.9 Å². The Bertz CT molecular complexity index is 1220. The number of methoxy groups -OCH3 is 1. The Morgan fingerprint density at radius 2 is 1.80 bits per heavy atom. The van der Waals surface area contributed by atoms with Crippen LogP contribution in [0.25, 0.3) is 11.1 Å². The second-order valence-electron chi connectivity index (χ2n) is 8.46. The van der Waals surface area contributed by atoms with Crippen LogP contribution in [0, 0.1) is 0 Å². The second kappa shape index (κ2) is 11.3. The highest BCUT2D eigenvalue weighted by atomic mass is 32.2. The third kappa shape index (κ3) is 6.17. The summed E-state index contributed by atoms with van der Waals surface area (Å²) in [5, 5.41) is 4.03. The van der Waals surface area contributed by atoms with E-state index in [-0.39, 0.29) is 6.10 Å². The molecule has 0 radical (unpaired) electrons. The summed E-state index contributed by atoms with van der Waals surface area (Å²) < 4.78 is 22.6. The number of ether oxygens (including phenoxy) is 3. The number of hydrogen-bond donors (Lipinski definition) is 0. The van der Waals surface area contributed by atoms with Crippen molar-refractivity contribution in [3.8, 4) is 28.6 Å². The molecule has 0 amide bonds. The van der Waals surface area contributed by atoms with Gasteiger partial charge in [-0.1, -0.05) is 24.3 Å². The molecule has 5 rings (SSSR count).